The molecule has 1 saturated carbocycles. The summed E-state index contributed by atoms with van der Waals surface area (Å²) in [7, 11) is 0. The van der Waals surface area contributed by atoms with Crippen LogP contribution < -0.4 is 5.32 Å². The minimum absolute atomic E-state index is 0.314. The Morgan fingerprint density at radius 2 is 2.29 bits per heavy atom. The van der Waals surface area contributed by atoms with Crippen molar-refractivity contribution in [1.29, 1.82) is 0 Å². The zero-order valence-electron chi connectivity index (χ0n) is 10.2. The quantitative estimate of drug-likeness (QED) is 0.897. The Morgan fingerprint density at radius 3 is 3.00 bits per heavy atom. The molecule has 1 aromatic rings. The van der Waals surface area contributed by atoms with Crippen molar-refractivity contribution in [1.82, 2.24) is 5.32 Å². The molecule has 4 heteroatoms. The molecule has 1 saturated heterocycles. The van der Waals surface area contributed by atoms with E-state index in [1.165, 1.54) is 16.9 Å². The molecule has 0 amide bonds. The van der Waals surface area contributed by atoms with E-state index in [9.17, 15) is 0 Å². The molecule has 1 unspecified atom stereocenters. The van der Waals surface area contributed by atoms with E-state index in [0.717, 1.165) is 32.6 Å². The van der Waals surface area contributed by atoms with E-state index >= 15 is 0 Å². The lowest BCUT2D eigenvalue weighted by molar-refractivity contribution is -0.166. The second-order valence-electron chi connectivity index (χ2n) is 4.86. The zero-order chi connectivity index (χ0) is 11.7. The zero-order valence-corrected chi connectivity index (χ0v) is 11.0. The largest absolute Gasteiger partial charge is 0.346 e. The normalized spacial score (nSPS) is 27.0. The third-order valence-corrected chi connectivity index (χ3v) is 4.83. The summed E-state index contributed by atoms with van der Waals surface area (Å²) in [6, 6.07) is 2.53. The SMILES string of the molecule is Cc1ccsc1CNC1CCCC12OCCO2. The maximum absolute atomic E-state index is 5.83. The Balaban J connectivity index is 1.63. The first-order valence-corrected chi connectivity index (χ1v) is 7.22. The second kappa shape index (κ2) is 4.69. The molecule has 2 fully saturated rings. The van der Waals surface area contributed by atoms with Gasteiger partial charge in [0.15, 0.2) is 5.79 Å². The molecule has 1 aliphatic carbocycles. The van der Waals surface area contributed by atoms with Crippen molar-refractivity contribution in [3.05, 3.63) is 21.9 Å². The van der Waals surface area contributed by atoms with Crippen LogP contribution in [-0.4, -0.2) is 25.0 Å². The summed E-state index contributed by atoms with van der Waals surface area (Å²) in [5.74, 6) is -0.314. The summed E-state index contributed by atoms with van der Waals surface area (Å²) in [6.07, 6.45) is 3.39. The molecule has 0 aromatic carbocycles. The minimum Gasteiger partial charge on any atom is -0.346 e. The summed E-state index contributed by atoms with van der Waals surface area (Å²) >= 11 is 1.82. The highest BCUT2D eigenvalue weighted by Gasteiger charge is 2.47. The van der Waals surface area contributed by atoms with E-state index in [1.54, 1.807) is 0 Å². The van der Waals surface area contributed by atoms with Crippen LogP contribution in [0.5, 0.6) is 0 Å². The van der Waals surface area contributed by atoms with Crippen LogP contribution in [0.3, 0.4) is 0 Å². The minimum atomic E-state index is -0.314. The summed E-state index contributed by atoms with van der Waals surface area (Å²) in [5.41, 5.74) is 1.38. The predicted molar refractivity (Wildman–Crippen MR) is 68.2 cm³/mol. The molecule has 1 N–H and O–H groups in total. The maximum Gasteiger partial charge on any atom is 0.183 e. The van der Waals surface area contributed by atoms with Gasteiger partial charge in [-0.05, 0) is 36.8 Å². The van der Waals surface area contributed by atoms with Crippen molar-refractivity contribution >= 4 is 11.3 Å². The predicted octanol–water partition coefficient (Wildman–Crippen LogP) is 2.44. The van der Waals surface area contributed by atoms with Gasteiger partial charge in [0.25, 0.3) is 0 Å². The van der Waals surface area contributed by atoms with Crippen molar-refractivity contribution in [3.63, 3.8) is 0 Å². The standard InChI is InChI=1S/C13H19NO2S/c1-10-4-8-17-11(10)9-14-12-3-2-5-13(12)15-6-7-16-13/h4,8,12,14H,2-3,5-7,9H2,1H3. The Kier molecular flexibility index (Phi) is 3.21. The van der Waals surface area contributed by atoms with Crippen molar-refractivity contribution in [2.45, 2.75) is 44.6 Å². The van der Waals surface area contributed by atoms with Gasteiger partial charge in [0.1, 0.15) is 0 Å². The van der Waals surface area contributed by atoms with E-state index in [1.807, 2.05) is 11.3 Å². The second-order valence-corrected chi connectivity index (χ2v) is 5.86. The van der Waals surface area contributed by atoms with Crippen LogP contribution in [0.1, 0.15) is 29.7 Å². The van der Waals surface area contributed by atoms with Gasteiger partial charge < -0.3 is 14.8 Å². The smallest absolute Gasteiger partial charge is 0.183 e. The fourth-order valence-corrected chi connectivity index (χ4v) is 3.68. The van der Waals surface area contributed by atoms with Crippen molar-refractivity contribution in [3.8, 4) is 0 Å². The van der Waals surface area contributed by atoms with Gasteiger partial charge in [-0.3, -0.25) is 0 Å². The lowest BCUT2D eigenvalue weighted by Gasteiger charge is -2.30. The van der Waals surface area contributed by atoms with Gasteiger partial charge in [-0.15, -0.1) is 11.3 Å². The Bertz CT molecular complexity index is 379. The molecule has 94 valence electrons. The van der Waals surface area contributed by atoms with E-state index in [-0.39, 0.29) is 5.79 Å². The van der Waals surface area contributed by atoms with E-state index in [0.29, 0.717) is 6.04 Å². The monoisotopic (exact) mass is 253 g/mol. The fourth-order valence-electron chi connectivity index (χ4n) is 2.82. The molecule has 1 aliphatic heterocycles. The maximum atomic E-state index is 5.83. The average molecular weight is 253 g/mol. The number of nitrogens with one attached hydrogen (secondary N) is 1. The van der Waals surface area contributed by atoms with Gasteiger partial charge in [-0.1, -0.05) is 0 Å². The highest BCUT2D eigenvalue weighted by atomic mass is 32.1. The van der Waals surface area contributed by atoms with Gasteiger partial charge in [0.05, 0.1) is 19.3 Å². The van der Waals surface area contributed by atoms with Crippen molar-refractivity contribution in [2.24, 2.45) is 0 Å². The number of thiophene rings is 1. The van der Waals surface area contributed by atoms with Gasteiger partial charge in [0, 0.05) is 17.8 Å². The lowest BCUT2D eigenvalue weighted by Crippen LogP contribution is -2.47. The lowest BCUT2D eigenvalue weighted by atomic mass is 10.1. The van der Waals surface area contributed by atoms with Crippen LogP contribution in [0.25, 0.3) is 0 Å². The van der Waals surface area contributed by atoms with E-state index < -0.39 is 0 Å². The first kappa shape index (κ1) is 11.7. The highest BCUT2D eigenvalue weighted by Crippen LogP contribution is 2.37. The Labute approximate surface area is 106 Å². The number of ether oxygens (including phenoxy) is 2. The number of hydrogen-bond donors (Lipinski definition) is 1. The van der Waals surface area contributed by atoms with Crippen LogP contribution in [0.4, 0.5) is 0 Å². The Hall–Kier alpha value is -0.420. The summed E-state index contributed by atoms with van der Waals surface area (Å²) < 4.78 is 11.7. The molecule has 1 atom stereocenters. The van der Waals surface area contributed by atoms with Crippen LogP contribution in [0.2, 0.25) is 0 Å². The first-order valence-electron chi connectivity index (χ1n) is 6.34. The first-order chi connectivity index (χ1) is 8.30. The van der Waals surface area contributed by atoms with Gasteiger partial charge in [-0.25, -0.2) is 0 Å². The molecule has 3 nitrogen and oxygen atoms in total. The summed E-state index contributed by atoms with van der Waals surface area (Å²) in [4.78, 5) is 1.42. The molecule has 0 radical (unpaired) electrons. The summed E-state index contributed by atoms with van der Waals surface area (Å²) in [6.45, 7) is 4.59. The average Bonchev–Trinajstić information content (AvgIpc) is 3.02. The van der Waals surface area contributed by atoms with Gasteiger partial charge in [-0.2, -0.15) is 0 Å². The molecule has 2 aliphatic rings. The molecular formula is C13H19NO2S. The van der Waals surface area contributed by atoms with Crippen LogP contribution in [-0.2, 0) is 16.0 Å². The molecule has 1 spiro atoms. The van der Waals surface area contributed by atoms with E-state index in [4.69, 9.17) is 9.47 Å². The van der Waals surface area contributed by atoms with Gasteiger partial charge >= 0.3 is 0 Å². The fraction of sp³-hybridized carbons (Fsp3) is 0.692. The number of aryl methyl sites for hydroxylation is 1. The summed E-state index contributed by atoms with van der Waals surface area (Å²) in [5, 5.41) is 5.77. The third kappa shape index (κ3) is 2.15. The van der Waals surface area contributed by atoms with Crippen molar-refractivity contribution < 1.29 is 9.47 Å². The number of hydrogen-bond acceptors (Lipinski definition) is 4. The molecule has 17 heavy (non-hydrogen) atoms. The number of rotatable bonds is 3. The van der Waals surface area contributed by atoms with E-state index in [2.05, 4.69) is 23.7 Å². The molecule has 0 bridgehead atoms. The molecule has 2 heterocycles. The molecule has 3 rings (SSSR count). The van der Waals surface area contributed by atoms with Gasteiger partial charge in [0.2, 0.25) is 0 Å². The molecular weight excluding hydrogens is 234 g/mol. The Morgan fingerprint density at radius 1 is 1.47 bits per heavy atom. The third-order valence-electron chi connectivity index (χ3n) is 3.80. The van der Waals surface area contributed by atoms with Crippen molar-refractivity contribution in [2.75, 3.05) is 13.2 Å². The van der Waals surface area contributed by atoms with Crippen LogP contribution >= 0.6 is 11.3 Å². The van der Waals surface area contributed by atoms with Crippen LogP contribution in [0.15, 0.2) is 11.4 Å². The topological polar surface area (TPSA) is 30.5 Å². The highest BCUT2D eigenvalue weighted by molar-refractivity contribution is 7.10. The van der Waals surface area contributed by atoms with Crippen LogP contribution in [0, 0.1) is 6.92 Å². The molecule has 1 aromatic heterocycles.